The Labute approximate surface area is 141 Å². The second-order valence-electron chi connectivity index (χ2n) is 6.04. The highest BCUT2D eigenvalue weighted by Gasteiger charge is 2.29. The first-order valence-electron chi connectivity index (χ1n) is 8.26. The summed E-state index contributed by atoms with van der Waals surface area (Å²) in [5.74, 6) is 0.242. The molecule has 1 N–H and O–H groups in total. The lowest BCUT2D eigenvalue weighted by molar-refractivity contribution is 0.477. The molecule has 0 amide bonds. The van der Waals surface area contributed by atoms with E-state index in [2.05, 4.69) is 45.4 Å². The first-order valence-corrected chi connectivity index (χ1v) is 8.26. The maximum atomic E-state index is 10.5. The Hall–Kier alpha value is -2.88. The summed E-state index contributed by atoms with van der Waals surface area (Å²) in [5.41, 5.74) is 3.78. The molecule has 4 rings (SSSR count). The molecular weight excluding hydrogens is 298 g/mol. The van der Waals surface area contributed by atoms with Gasteiger partial charge in [0, 0.05) is 12.7 Å². The largest absolute Gasteiger partial charge is 0.507 e. The lowest BCUT2D eigenvalue weighted by atomic mass is 10.0. The van der Waals surface area contributed by atoms with E-state index in [4.69, 9.17) is 0 Å². The van der Waals surface area contributed by atoms with Crippen LogP contribution in [0.1, 0.15) is 24.4 Å². The Morgan fingerprint density at radius 3 is 2.62 bits per heavy atom. The van der Waals surface area contributed by atoms with E-state index >= 15 is 0 Å². The van der Waals surface area contributed by atoms with Crippen molar-refractivity contribution in [2.75, 3.05) is 11.4 Å². The lowest BCUT2D eigenvalue weighted by Crippen LogP contribution is -2.23. The van der Waals surface area contributed by atoms with Crippen molar-refractivity contribution >= 4 is 5.69 Å². The molecule has 0 saturated carbocycles. The summed E-state index contributed by atoms with van der Waals surface area (Å²) in [7, 11) is 0. The summed E-state index contributed by atoms with van der Waals surface area (Å²) in [5, 5.41) is 18.6. The molecule has 1 atom stereocenters. The van der Waals surface area contributed by atoms with Crippen LogP contribution in [0.4, 0.5) is 5.69 Å². The minimum atomic E-state index is 0.242. The predicted molar refractivity (Wildman–Crippen MR) is 94.9 cm³/mol. The van der Waals surface area contributed by atoms with E-state index in [9.17, 15) is 5.11 Å². The van der Waals surface area contributed by atoms with Crippen molar-refractivity contribution < 1.29 is 5.11 Å². The van der Waals surface area contributed by atoms with Crippen molar-refractivity contribution in [3.63, 3.8) is 0 Å². The topological polar surface area (TPSA) is 49.2 Å². The summed E-state index contributed by atoms with van der Waals surface area (Å²) < 4.78 is 0. The van der Waals surface area contributed by atoms with Crippen molar-refractivity contribution in [3.8, 4) is 17.0 Å². The molecule has 0 spiro atoms. The lowest BCUT2D eigenvalue weighted by Gasteiger charge is -2.29. The van der Waals surface area contributed by atoms with Crippen LogP contribution in [0.25, 0.3) is 11.3 Å². The zero-order valence-electron chi connectivity index (χ0n) is 13.3. The van der Waals surface area contributed by atoms with Crippen LogP contribution < -0.4 is 4.90 Å². The third-order valence-electron chi connectivity index (χ3n) is 4.60. The second kappa shape index (κ2) is 6.32. The third kappa shape index (κ3) is 2.60. The average molecular weight is 317 g/mol. The highest BCUT2D eigenvalue weighted by atomic mass is 16.3. The number of rotatable bonds is 3. The molecule has 1 unspecified atom stereocenters. The van der Waals surface area contributed by atoms with Crippen molar-refractivity contribution in [1.29, 1.82) is 0 Å². The Bertz CT molecular complexity index is 821. The van der Waals surface area contributed by atoms with Crippen LogP contribution in [-0.2, 0) is 0 Å². The van der Waals surface area contributed by atoms with Gasteiger partial charge < -0.3 is 10.0 Å². The fourth-order valence-electron chi connectivity index (χ4n) is 3.54. The van der Waals surface area contributed by atoms with Gasteiger partial charge in [0.1, 0.15) is 5.75 Å². The van der Waals surface area contributed by atoms with Crippen molar-refractivity contribution in [2.45, 2.75) is 18.9 Å². The zero-order valence-corrected chi connectivity index (χ0v) is 13.3. The van der Waals surface area contributed by atoms with E-state index in [1.807, 2.05) is 24.3 Å². The number of nitrogens with zero attached hydrogens (tertiary/aromatic N) is 3. The number of phenols is 1. The monoisotopic (exact) mass is 317 g/mol. The highest BCUT2D eigenvalue weighted by Crippen LogP contribution is 2.43. The van der Waals surface area contributed by atoms with Gasteiger partial charge in [0.15, 0.2) is 0 Å². The van der Waals surface area contributed by atoms with E-state index in [-0.39, 0.29) is 5.75 Å². The van der Waals surface area contributed by atoms with Crippen LogP contribution >= 0.6 is 0 Å². The van der Waals surface area contributed by atoms with Gasteiger partial charge in [0.25, 0.3) is 0 Å². The molecule has 0 bridgehead atoms. The number of benzene rings is 2. The van der Waals surface area contributed by atoms with Crippen molar-refractivity contribution in [1.82, 2.24) is 10.2 Å². The summed E-state index contributed by atoms with van der Waals surface area (Å²) >= 11 is 0. The molecule has 4 nitrogen and oxygen atoms in total. The number of anilines is 1. The van der Waals surface area contributed by atoms with Crippen LogP contribution in [0, 0.1) is 0 Å². The number of hydrogen-bond donors (Lipinski definition) is 1. The van der Waals surface area contributed by atoms with Crippen LogP contribution in [0.15, 0.2) is 66.9 Å². The molecule has 1 saturated heterocycles. The molecule has 1 fully saturated rings. The van der Waals surface area contributed by atoms with Gasteiger partial charge in [0.05, 0.1) is 23.0 Å². The van der Waals surface area contributed by atoms with Gasteiger partial charge in [-0.3, -0.25) is 0 Å². The van der Waals surface area contributed by atoms with Gasteiger partial charge in [-0.1, -0.05) is 36.4 Å². The molecular formula is C20H19N3O. The van der Waals surface area contributed by atoms with E-state index in [1.165, 1.54) is 5.56 Å². The van der Waals surface area contributed by atoms with Crippen LogP contribution in [0.3, 0.4) is 0 Å². The van der Waals surface area contributed by atoms with Gasteiger partial charge in [-0.15, -0.1) is 0 Å². The molecule has 2 heterocycles. The smallest absolute Gasteiger partial charge is 0.127 e. The molecule has 4 heteroatoms. The Balaban J connectivity index is 1.81. The van der Waals surface area contributed by atoms with E-state index < -0.39 is 0 Å². The van der Waals surface area contributed by atoms with E-state index in [0.29, 0.717) is 11.7 Å². The maximum absolute atomic E-state index is 10.5. The van der Waals surface area contributed by atoms with Gasteiger partial charge in [-0.25, -0.2) is 0 Å². The van der Waals surface area contributed by atoms with Crippen LogP contribution in [-0.4, -0.2) is 21.8 Å². The number of hydrogen-bond acceptors (Lipinski definition) is 4. The highest BCUT2D eigenvalue weighted by molar-refractivity contribution is 5.82. The second-order valence-corrected chi connectivity index (χ2v) is 6.04. The normalized spacial score (nSPS) is 17.2. The fourth-order valence-corrected chi connectivity index (χ4v) is 3.54. The Morgan fingerprint density at radius 2 is 1.83 bits per heavy atom. The van der Waals surface area contributed by atoms with E-state index in [1.54, 1.807) is 12.3 Å². The molecule has 1 aliphatic heterocycles. The zero-order chi connectivity index (χ0) is 16.4. The molecule has 0 radical (unpaired) electrons. The van der Waals surface area contributed by atoms with Gasteiger partial charge in [0.2, 0.25) is 0 Å². The minimum Gasteiger partial charge on any atom is -0.507 e. The molecule has 0 aliphatic carbocycles. The predicted octanol–water partition coefficient (Wildman–Crippen LogP) is 4.19. The molecule has 2 aromatic carbocycles. The number of aromatic hydroxyl groups is 1. The van der Waals surface area contributed by atoms with Crippen LogP contribution in [0.5, 0.6) is 5.75 Å². The number of phenolic OH excluding ortho intramolecular Hbond substituents is 1. The third-order valence-corrected chi connectivity index (χ3v) is 4.60. The maximum Gasteiger partial charge on any atom is 0.127 e. The summed E-state index contributed by atoms with van der Waals surface area (Å²) in [4.78, 5) is 2.37. The fraction of sp³-hybridized carbons (Fsp3) is 0.200. The first kappa shape index (κ1) is 14.7. The summed E-state index contributed by atoms with van der Waals surface area (Å²) in [6.45, 7) is 0.969. The SMILES string of the molecule is Oc1cccc(N2CCCC2c2ccccc2)c1-c1cccnn1. The van der Waals surface area contributed by atoms with E-state index in [0.717, 1.165) is 30.6 Å². The van der Waals surface area contributed by atoms with Gasteiger partial charge >= 0.3 is 0 Å². The van der Waals surface area contributed by atoms with Crippen LogP contribution in [0.2, 0.25) is 0 Å². The quantitative estimate of drug-likeness (QED) is 0.787. The Kier molecular flexibility index (Phi) is 3.87. The standard InChI is InChI=1S/C20H19N3O/c24-19-12-4-10-18(20(19)16-9-5-13-21-22-16)23-14-6-11-17(23)15-7-2-1-3-8-15/h1-5,7-10,12-13,17,24H,6,11,14H2. The molecule has 24 heavy (non-hydrogen) atoms. The van der Waals surface area contributed by atoms with Crippen molar-refractivity contribution in [3.05, 3.63) is 72.4 Å². The molecule has 3 aromatic rings. The molecule has 1 aliphatic rings. The van der Waals surface area contributed by atoms with Gasteiger partial charge in [-0.2, -0.15) is 10.2 Å². The summed E-state index contributed by atoms with van der Waals surface area (Å²) in [6, 6.07) is 20.3. The number of aromatic nitrogens is 2. The average Bonchev–Trinajstić information content (AvgIpc) is 3.12. The Morgan fingerprint density at radius 1 is 0.958 bits per heavy atom. The molecule has 120 valence electrons. The van der Waals surface area contributed by atoms with Crippen molar-refractivity contribution in [2.24, 2.45) is 0 Å². The summed E-state index contributed by atoms with van der Waals surface area (Å²) in [6.07, 6.45) is 3.89. The molecule has 1 aromatic heterocycles. The minimum absolute atomic E-state index is 0.242. The van der Waals surface area contributed by atoms with Gasteiger partial charge in [-0.05, 0) is 42.7 Å². The first-order chi connectivity index (χ1) is 11.8.